The van der Waals surface area contributed by atoms with E-state index < -0.39 is 23.4 Å². The Labute approximate surface area is 155 Å². The normalized spacial score (nSPS) is 13.8. The van der Waals surface area contributed by atoms with E-state index in [0.717, 1.165) is 17.7 Å². The van der Waals surface area contributed by atoms with Gasteiger partial charge in [-0.05, 0) is 45.1 Å². The van der Waals surface area contributed by atoms with Crippen LogP contribution in [0.15, 0.2) is 29.2 Å². The Bertz CT molecular complexity index is 654. The maximum atomic E-state index is 13.1. The van der Waals surface area contributed by atoms with Gasteiger partial charge in [-0.1, -0.05) is 24.6 Å². The predicted octanol–water partition coefficient (Wildman–Crippen LogP) is 4.01. The number of thioether (sulfide) groups is 1. The lowest BCUT2D eigenvalue weighted by molar-refractivity contribution is 0.212. The molecule has 0 aliphatic rings. The van der Waals surface area contributed by atoms with Crippen molar-refractivity contribution in [3.05, 3.63) is 29.8 Å². The Hall–Kier alpha value is -0.370. The molecule has 144 valence electrons. The second-order valence-corrected chi connectivity index (χ2v) is 10.5. The van der Waals surface area contributed by atoms with Gasteiger partial charge in [0.15, 0.2) is 0 Å². The third kappa shape index (κ3) is 7.04. The predicted molar refractivity (Wildman–Crippen MR) is 104 cm³/mol. The van der Waals surface area contributed by atoms with Crippen LogP contribution in [-0.4, -0.2) is 38.9 Å². The van der Waals surface area contributed by atoms with Gasteiger partial charge in [0.25, 0.3) is 0 Å². The number of hydrogen-bond acceptors (Lipinski definition) is 6. The molecule has 0 bridgehead atoms. The maximum absolute atomic E-state index is 13.1. The van der Waals surface area contributed by atoms with Crippen LogP contribution in [-0.2, 0) is 23.6 Å². The van der Waals surface area contributed by atoms with E-state index in [0.29, 0.717) is 5.75 Å². The Kier molecular flexibility index (Phi) is 9.70. The molecule has 25 heavy (non-hydrogen) atoms. The van der Waals surface area contributed by atoms with Crippen molar-refractivity contribution in [2.45, 2.75) is 44.8 Å². The Morgan fingerprint density at radius 2 is 1.68 bits per heavy atom. The van der Waals surface area contributed by atoms with Gasteiger partial charge in [0, 0.05) is 5.75 Å². The number of hydrogen-bond donors (Lipinski definition) is 1. The van der Waals surface area contributed by atoms with Crippen molar-refractivity contribution in [3.8, 4) is 0 Å². The highest BCUT2D eigenvalue weighted by molar-refractivity contribution is 7.99. The van der Waals surface area contributed by atoms with Crippen LogP contribution in [0.3, 0.4) is 0 Å². The minimum absolute atomic E-state index is 0.128. The average Bonchev–Trinajstić information content (AvgIpc) is 2.55. The van der Waals surface area contributed by atoms with Crippen molar-refractivity contribution in [2.24, 2.45) is 0 Å². The zero-order chi connectivity index (χ0) is 18.9. The molecule has 0 aromatic heterocycles. The molecule has 1 aromatic carbocycles. The van der Waals surface area contributed by atoms with Crippen molar-refractivity contribution in [1.82, 2.24) is 4.72 Å². The Balaban J connectivity index is 3.09. The first-order valence-electron chi connectivity index (χ1n) is 8.34. The molecular formula is C16H28NO5PS2. The molecule has 1 N–H and O–H groups in total. The summed E-state index contributed by atoms with van der Waals surface area (Å²) in [5.74, 6) is 0.215. The number of nitrogens with one attached hydrogen (secondary N) is 1. The van der Waals surface area contributed by atoms with Crippen LogP contribution >= 0.6 is 19.4 Å². The van der Waals surface area contributed by atoms with E-state index in [1.165, 1.54) is 23.9 Å². The standard InChI is InChI=1S/C16H28NO5PS2/c1-5-12-24-13-16(23(18,21-6-2)22-7-3)17-25(19,20)15-10-8-14(4)9-11-15/h8-11,16-17H,5-7,12-13H2,1-4H3/t16-/m1/s1. The monoisotopic (exact) mass is 409 g/mol. The molecule has 0 unspecified atom stereocenters. The Morgan fingerprint density at radius 3 is 2.16 bits per heavy atom. The molecule has 1 atom stereocenters. The van der Waals surface area contributed by atoms with Crippen molar-refractivity contribution in [2.75, 3.05) is 24.7 Å². The molecule has 0 saturated carbocycles. The van der Waals surface area contributed by atoms with Gasteiger partial charge in [-0.2, -0.15) is 16.5 Å². The van der Waals surface area contributed by atoms with E-state index in [1.54, 1.807) is 26.0 Å². The lowest BCUT2D eigenvalue weighted by Gasteiger charge is -2.26. The summed E-state index contributed by atoms with van der Waals surface area (Å²) < 4.78 is 51.7. The quantitative estimate of drug-likeness (QED) is 0.415. The van der Waals surface area contributed by atoms with Gasteiger partial charge in [0.1, 0.15) is 5.78 Å². The second kappa shape index (κ2) is 10.7. The highest BCUT2D eigenvalue weighted by Gasteiger charge is 2.38. The summed E-state index contributed by atoms with van der Waals surface area (Å²) in [6.45, 7) is 7.68. The number of rotatable bonds is 12. The molecule has 1 aromatic rings. The highest BCUT2D eigenvalue weighted by Crippen LogP contribution is 2.53. The van der Waals surface area contributed by atoms with Crippen LogP contribution in [0, 0.1) is 6.92 Å². The van der Waals surface area contributed by atoms with Crippen LogP contribution in [0.4, 0.5) is 0 Å². The largest absolute Gasteiger partial charge is 0.349 e. The zero-order valence-electron chi connectivity index (χ0n) is 15.2. The fourth-order valence-electron chi connectivity index (χ4n) is 2.07. The Morgan fingerprint density at radius 1 is 1.12 bits per heavy atom. The van der Waals surface area contributed by atoms with E-state index in [4.69, 9.17) is 9.05 Å². The third-order valence-corrected chi connectivity index (χ3v) is 8.73. The highest BCUT2D eigenvalue weighted by atomic mass is 32.2. The molecule has 0 aliphatic heterocycles. The number of aryl methyl sites for hydroxylation is 1. The van der Waals surface area contributed by atoms with Crippen LogP contribution in [0.1, 0.15) is 32.8 Å². The van der Waals surface area contributed by atoms with Gasteiger partial charge in [-0.25, -0.2) is 8.42 Å². The SMILES string of the molecule is CCCSC[C@H](NS(=O)(=O)c1ccc(C)cc1)P(=O)(OCC)OCC. The maximum Gasteiger partial charge on any atom is 0.349 e. The third-order valence-electron chi connectivity index (χ3n) is 3.25. The minimum atomic E-state index is -3.83. The van der Waals surface area contributed by atoms with Gasteiger partial charge < -0.3 is 9.05 Å². The van der Waals surface area contributed by atoms with Crippen molar-refractivity contribution in [3.63, 3.8) is 0 Å². The van der Waals surface area contributed by atoms with E-state index in [-0.39, 0.29) is 18.1 Å². The molecule has 0 aliphatic carbocycles. The van der Waals surface area contributed by atoms with E-state index in [9.17, 15) is 13.0 Å². The zero-order valence-corrected chi connectivity index (χ0v) is 17.8. The smallest absolute Gasteiger partial charge is 0.308 e. The van der Waals surface area contributed by atoms with Gasteiger partial charge >= 0.3 is 7.60 Å². The first-order valence-corrected chi connectivity index (χ1v) is 12.6. The second-order valence-electron chi connectivity index (χ2n) is 5.40. The van der Waals surface area contributed by atoms with E-state index in [2.05, 4.69) is 4.72 Å². The lowest BCUT2D eigenvalue weighted by Crippen LogP contribution is -2.37. The molecular weight excluding hydrogens is 381 g/mol. The van der Waals surface area contributed by atoms with Gasteiger partial charge in [-0.3, -0.25) is 4.57 Å². The van der Waals surface area contributed by atoms with Crippen molar-refractivity contribution in [1.29, 1.82) is 0 Å². The van der Waals surface area contributed by atoms with E-state index >= 15 is 0 Å². The number of benzene rings is 1. The fourth-order valence-corrected chi connectivity index (χ4v) is 7.14. The summed E-state index contributed by atoms with van der Waals surface area (Å²) >= 11 is 1.52. The van der Waals surface area contributed by atoms with Crippen LogP contribution in [0.2, 0.25) is 0 Å². The van der Waals surface area contributed by atoms with Gasteiger partial charge in [-0.15, -0.1) is 0 Å². The van der Waals surface area contributed by atoms with Crippen LogP contribution in [0.5, 0.6) is 0 Å². The van der Waals surface area contributed by atoms with Crippen molar-refractivity contribution >= 4 is 29.4 Å². The summed E-state index contributed by atoms with van der Waals surface area (Å²) in [5.41, 5.74) is 0.961. The summed E-state index contributed by atoms with van der Waals surface area (Å²) in [4.78, 5) is 0.128. The van der Waals surface area contributed by atoms with Crippen LogP contribution < -0.4 is 4.72 Å². The molecule has 0 fully saturated rings. The van der Waals surface area contributed by atoms with Gasteiger partial charge in [0.2, 0.25) is 10.0 Å². The first-order chi connectivity index (χ1) is 11.8. The molecule has 9 heteroatoms. The average molecular weight is 410 g/mol. The molecule has 1 rings (SSSR count). The summed E-state index contributed by atoms with van der Waals surface area (Å²) in [5, 5.41) is 0. The topological polar surface area (TPSA) is 81.7 Å². The lowest BCUT2D eigenvalue weighted by atomic mass is 10.2. The molecule has 0 radical (unpaired) electrons. The van der Waals surface area contributed by atoms with Crippen molar-refractivity contribution < 1.29 is 22.0 Å². The van der Waals surface area contributed by atoms with E-state index in [1.807, 2.05) is 13.8 Å². The van der Waals surface area contributed by atoms with Gasteiger partial charge in [0.05, 0.1) is 18.1 Å². The molecule has 0 heterocycles. The summed E-state index contributed by atoms with van der Waals surface area (Å²) in [7, 11) is -7.44. The molecule has 0 spiro atoms. The molecule has 6 nitrogen and oxygen atoms in total. The summed E-state index contributed by atoms with van der Waals surface area (Å²) in [6, 6.07) is 6.50. The summed E-state index contributed by atoms with van der Waals surface area (Å²) in [6.07, 6.45) is 0.940. The molecule has 0 amide bonds. The number of sulfonamides is 1. The van der Waals surface area contributed by atoms with Crippen LogP contribution in [0.25, 0.3) is 0 Å². The minimum Gasteiger partial charge on any atom is -0.308 e. The molecule has 0 saturated heterocycles. The fraction of sp³-hybridized carbons (Fsp3) is 0.625. The first kappa shape index (κ1) is 22.7.